The molecular formula is C21H26N6O2. The number of primary amides is 1. The molecule has 8 nitrogen and oxygen atoms in total. The van der Waals surface area contributed by atoms with Gasteiger partial charge in [-0.1, -0.05) is 24.8 Å². The van der Waals surface area contributed by atoms with E-state index in [0.717, 1.165) is 29.7 Å². The van der Waals surface area contributed by atoms with Gasteiger partial charge in [0.2, 0.25) is 5.95 Å². The molecule has 1 saturated heterocycles. The number of hydrogen-bond donors (Lipinski definition) is 3. The fourth-order valence-electron chi connectivity index (χ4n) is 3.30. The van der Waals surface area contributed by atoms with Crippen molar-refractivity contribution in [3.8, 4) is 0 Å². The highest BCUT2D eigenvalue weighted by molar-refractivity contribution is 5.92. The topological polar surface area (TPSA) is 113 Å². The van der Waals surface area contributed by atoms with Gasteiger partial charge in [0.05, 0.1) is 0 Å². The Bertz CT molecular complexity index is 914. The van der Waals surface area contributed by atoms with Gasteiger partial charge in [0.25, 0.3) is 0 Å². The van der Waals surface area contributed by atoms with Crippen LogP contribution in [-0.4, -0.2) is 45.8 Å². The highest BCUT2D eigenvalue weighted by Gasteiger charge is 2.22. The van der Waals surface area contributed by atoms with E-state index in [1.807, 2.05) is 31.2 Å². The van der Waals surface area contributed by atoms with Gasteiger partial charge in [0.1, 0.15) is 5.82 Å². The highest BCUT2D eigenvalue weighted by Crippen LogP contribution is 2.24. The zero-order valence-corrected chi connectivity index (χ0v) is 16.5. The van der Waals surface area contributed by atoms with E-state index >= 15 is 0 Å². The third-order valence-electron chi connectivity index (χ3n) is 4.90. The molecule has 1 fully saturated rings. The van der Waals surface area contributed by atoms with E-state index in [1.165, 1.54) is 6.08 Å². The molecule has 0 bridgehead atoms. The first-order valence-electron chi connectivity index (χ1n) is 9.61. The Kier molecular flexibility index (Phi) is 6.43. The lowest BCUT2D eigenvalue weighted by molar-refractivity contribution is -0.114. The van der Waals surface area contributed by atoms with Crippen molar-refractivity contribution in [2.24, 2.45) is 5.73 Å². The van der Waals surface area contributed by atoms with E-state index in [9.17, 15) is 9.59 Å². The number of rotatable bonds is 7. The number of urea groups is 1. The zero-order chi connectivity index (χ0) is 20.8. The average Bonchev–Trinajstić information content (AvgIpc) is 2.72. The lowest BCUT2D eigenvalue weighted by Gasteiger charge is -2.32. The fourth-order valence-corrected chi connectivity index (χ4v) is 3.30. The number of nitrogens with zero attached hydrogens (tertiary/aromatic N) is 3. The molecule has 0 radical (unpaired) electrons. The Morgan fingerprint density at radius 2 is 2.17 bits per heavy atom. The van der Waals surface area contributed by atoms with Crippen LogP contribution in [0, 0.1) is 6.92 Å². The Morgan fingerprint density at radius 1 is 1.38 bits per heavy atom. The Morgan fingerprint density at radius 3 is 2.93 bits per heavy atom. The minimum absolute atomic E-state index is 0.0441. The zero-order valence-electron chi connectivity index (χ0n) is 16.5. The van der Waals surface area contributed by atoms with Crippen LogP contribution in [0.3, 0.4) is 0 Å². The molecule has 152 valence electrons. The molecule has 1 aromatic carbocycles. The molecule has 1 aliphatic rings. The van der Waals surface area contributed by atoms with Crippen LogP contribution in [0.25, 0.3) is 0 Å². The summed E-state index contributed by atoms with van der Waals surface area (Å²) < 4.78 is 0. The number of nitrogens with two attached hydrogens (primary N) is 1. The number of likely N-dealkylation sites (tertiary alicyclic amines) is 1. The van der Waals surface area contributed by atoms with Crippen molar-refractivity contribution in [2.45, 2.75) is 32.2 Å². The van der Waals surface area contributed by atoms with Gasteiger partial charge in [-0.15, -0.1) is 0 Å². The average molecular weight is 394 g/mol. The first-order valence-corrected chi connectivity index (χ1v) is 9.61. The van der Waals surface area contributed by atoms with Crippen LogP contribution in [-0.2, 0) is 11.2 Å². The summed E-state index contributed by atoms with van der Waals surface area (Å²) in [5.41, 5.74) is 7.96. The number of allylic oxidation sites excluding steroid dienone is 1. The van der Waals surface area contributed by atoms with E-state index in [1.54, 1.807) is 11.1 Å². The molecule has 29 heavy (non-hydrogen) atoms. The summed E-state index contributed by atoms with van der Waals surface area (Å²) >= 11 is 0. The van der Waals surface area contributed by atoms with Crippen LogP contribution < -0.4 is 16.4 Å². The number of carbonyl (C=O) groups excluding carboxylic acids is 2. The van der Waals surface area contributed by atoms with E-state index in [4.69, 9.17) is 5.73 Å². The van der Waals surface area contributed by atoms with Crippen molar-refractivity contribution in [3.63, 3.8) is 0 Å². The third-order valence-corrected chi connectivity index (χ3v) is 4.90. The summed E-state index contributed by atoms with van der Waals surface area (Å²) in [6.45, 7) is 6.66. The van der Waals surface area contributed by atoms with Crippen molar-refractivity contribution in [1.82, 2.24) is 14.9 Å². The summed E-state index contributed by atoms with van der Waals surface area (Å²) in [5.74, 6) is 1.09. The van der Waals surface area contributed by atoms with E-state index in [2.05, 4.69) is 27.2 Å². The summed E-state index contributed by atoms with van der Waals surface area (Å²) in [7, 11) is 0. The number of benzene rings is 1. The van der Waals surface area contributed by atoms with Gasteiger partial charge in [-0.05, 0) is 37.5 Å². The molecule has 1 aromatic heterocycles. The van der Waals surface area contributed by atoms with Gasteiger partial charge in [-0.2, -0.15) is 4.98 Å². The molecule has 8 heteroatoms. The minimum Gasteiger partial charge on any atom is -0.351 e. The number of ketones is 1. The second-order valence-corrected chi connectivity index (χ2v) is 7.12. The summed E-state index contributed by atoms with van der Waals surface area (Å²) in [4.78, 5) is 33.8. The summed E-state index contributed by atoms with van der Waals surface area (Å²) in [6.07, 6.45) is 5.13. The first kappa shape index (κ1) is 20.3. The first-order chi connectivity index (χ1) is 14.0. The third kappa shape index (κ3) is 5.31. The number of aryl methyl sites for hydroxylation is 1. The second kappa shape index (κ2) is 9.18. The highest BCUT2D eigenvalue weighted by atomic mass is 16.2. The number of amides is 2. The number of piperidine rings is 1. The van der Waals surface area contributed by atoms with Crippen LogP contribution >= 0.6 is 0 Å². The molecule has 2 amide bonds. The number of para-hydroxylation sites is 1. The SMILES string of the molecule is C=CC(=O)Cc1ccccc1Nc1nc(N[C@H]2CCCN(C(N)=O)C2)ncc1C. The molecule has 3 rings (SSSR count). The summed E-state index contributed by atoms with van der Waals surface area (Å²) in [6, 6.07) is 7.25. The Hall–Kier alpha value is -3.42. The Balaban J connectivity index is 1.76. The maximum atomic E-state index is 11.8. The molecule has 1 aliphatic heterocycles. The van der Waals surface area contributed by atoms with Gasteiger partial charge < -0.3 is 21.3 Å². The molecule has 0 spiro atoms. The van der Waals surface area contributed by atoms with Gasteiger partial charge >= 0.3 is 6.03 Å². The minimum atomic E-state index is -0.408. The van der Waals surface area contributed by atoms with Crippen molar-refractivity contribution in [3.05, 3.63) is 54.2 Å². The van der Waals surface area contributed by atoms with Crippen LogP contribution in [0.15, 0.2) is 43.1 Å². The number of carbonyl (C=O) groups is 2. The standard InChI is InChI=1S/C21H26N6O2/c1-3-17(28)11-15-7-4-5-9-18(15)25-19-14(2)12-23-21(26-19)24-16-8-6-10-27(13-16)20(22)29/h3-5,7,9,12,16H,1,6,8,10-11,13H2,2H3,(H2,22,29)(H2,23,24,25,26)/t16-/m0/s1. The molecule has 0 aliphatic carbocycles. The monoisotopic (exact) mass is 394 g/mol. The normalized spacial score (nSPS) is 16.2. The molecule has 4 N–H and O–H groups in total. The predicted molar refractivity (Wildman–Crippen MR) is 113 cm³/mol. The number of anilines is 3. The van der Waals surface area contributed by atoms with Crippen molar-refractivity contribution in [2.75, 3.05) is 23.7 Å². The molecule has 2 heterocycles. The quantitative estimate of drug-likeness (QED) is 0.623. The largest absolute Gasteiger partial charge is 0.351 e. The van der Waals surface area contributed by atoms with Crippen LogP contribution in [0.4, 0.5) is 22.2 Å². The lowest BCUT2D eigenvalue weighted by Crippen LogP contribution is -2.47. The van der Waals surface area contributed by atoms with Crippen molar-refractivity contribution >= 4 is 29.3 Å². The Labute approximate surface area is 170 Å². The maximum Gasteiger partial charge on any atom is 0.314 e. The number of hydrogen-bond acceptors (Lipinski definition) is 6. The molecule has 2 aromatic rings. The van der Waals surface area contributed by atoms with E-state index < -0.39 is 6.03 Å². The fraction of sp³-hybridized carbons (Fsp3) is 0.333. The van der Waals surface area contributed by atoms with Crippen molar-refractivity contribution in [1.29, 1.82) is 0 Å². The van der Waals surface area contributed by atoms with Gasteiger partial charge in [0, 0.05) is 43.0 Å². The molecule has 1 atom stereocenters. The van der Waals surface area contributed by atoms with Crippen LogP contribution in [0.5, 0.6) is 0 Å². The second-order valence-electron chi connectivity index (χ2n) is 7.12. The van der Waals surface area contributed by atoms with Crippen molar-refractivity contribution < 1.29 is 9.59 Å². The van der Waals surface area contributed by atoms with E-state index in [0.29, 0.717) is 24.9 Å². The molecular weight excluding hydrogens is 368 g/mol. The van der Waals surface area contributed by atoms with E-state index in [-0.39, 0.29) is 18.2 Å². The summed E-state index contributed by atoms with van der Waals surface area (Å²) in [5, 5.41) is 6.61. The smallest absolute Gasteiger partial charge is 0.314 e. The maximum absolute atomic E-state index is 11.8. The number of aromatic nitrogens is 2. The van der Waals surface area contributed by atoms with Crippen LogP contribution in [0.2, 0.25) is 0 Å². The van der Waals surface area contributed by atoms with Gasteiger partial charge in [-0.25, -0.2) is 9.78 Å². The molecule has 0 saturated carbocycles. The number of nitrogens with one attached hydrogen (secondary N) is 2. The predicted octanol–water partition coefficient (Wildman–Crippen LogP) is 2.78. The lowest BCUT2D eigenvalue weighted by atomic mass is 10.1. The van der Waals surface area contributed by atoms with Gasteiger partial charge in [-0.3, -0.25) is 4.79 Å². The molecule has 0 unspecified atom stereocenters. The van der Waals surface area contributed by atoms with Gasteiger partial charge in [0.15, 0.2) is 5.78 Å². The van der Waals surface area contributed by atoms with Crippen LogP contribution in [0.1, 0.15) is 24.0 Å².